The van der Waals surface area contributed by atoms with E-state index in [1.54, 1.807) is 12.1 Å². The van der Waals surface area contributed by atoms with Gasteiger partial charge < -0.3 is 15.2 Å². The number of carboxylic acid groups (broad SMARTS) is 1. The Morgan fingerprint density at radius 1 is 1.46 bits per heavy atom. The minimum Gasteiger partial charge on any atom is -0.476 e. The van der Waals surface area contributed by atoms with Crippen molar-refractivity contribution in [1.82, 2.24) is 15.3 Å². The van der Waals surface area contributed by atoms with E-state index in [-0.39, 0.29) is 17.7 Å². The topological polar surface area (TPSA) is 101 Å². The average molecular weight is 349 g/mol. The molecule has 0 aromatic carbocycles. The normalized spacial score (nSPS) is 11.8. The van der Waals surface area contributed by atoms with Gasteiger partial charge in [0.05, 0.1) is 11.1 Å². The number of rotatable bonds is 8. The molecule has 2 rings (SSSR count). The molecule has 1 atom stereocenters. The first-order valence-electron chi connectivity index (χ1n) is 7.58. The molecule has 0 aliphatic rings. The molecule has 1 amide bonds. The highest BCUT2D eigenvalue weighted by Crippen LogP contribution is 2.13. The zero-order valence-corrected chi connectivity index (χ0v) is 14.3. The van der Waals surface area contributed by atoms with Crippen molar-refractivity contribution in [3.63, 3.8) is 0 Å². The van der Waals surface area contributed by atoms with Crippen LogP contribution in [0.5, 0.6) is 5.88 Å². The molecule has 8 heteroatoms. The quantitative estimate of drug-likeness (QED) is 0.759. The van der Waals surface area contributed by atoms with E-state index in [0.717, 1.165) is 6.42 Å². The summed E-state index contributed by atoms with van der Waals surface area (Å²) >= 11 is 1.26. The van der Waals surface area contributed by atoms with Gasteiger partial charge in [-0.3, -0.25) is 4.79 Å². The zero-order valence-electron chi connectivity index (χ0n) is 13.5. The highest BCUT2D eigenvalue weighted by Gasteiger charge is 2.11. The molecular formula is C16H19N3O4S. The summed E-state index contributed by atoms with van der Waals surface area (Å²) in [5, 5.41) is 13.8. The zero-order chi connectivity index (χ0) is 17.5. The van der Waals surface area contributed by atoms with Gasteiger partial charge in [-0.2, -0.15) is 0 Å². The summed E-state index contributed by atoms with van der Waals surface area (Å²) in [5.74, 6) is -0.864. The third kappa shape index (κ3) is 5.02. The van der Waals surface area contributed by atoms with Crippen molar-refractivity contribution in [2.24, 2.45) is 0 Å². The average Bonchev–Trinajstić information content (AvgIpc) is 3.04. The number of carbonyl (C=O) groups is 2. The first kappa shape index (κ1) is 17.9. The maximum absolute atomic E-state index is 12.2. The molecule has 128 valence electrons. The fourth-order valence-corrected chi connectivity index (χ4v) is 2.59. The number of carbonyl (C=O) groups excluding carboxylic acids is 1. The first-order chi connectivity index (χ1) is 11.5. The molecule has 0 bridgehead atoms. The molecule has 0 radical (unpaired) electrons. The van der Waals surface area contributed by atoms with E-state index in [4.69, 9.17) is 9.84 Å². The highest BCUT2D eigenvalue weighted by atomic mass is 32.1. The van der Waals surface area contributed by atoms with Gasteiger partial charge in [-0.1, -0.05) is 6.92 Å². The standard InChI is InChI=1S/C16H19N3O4S/c1-3-10(2)23-13-8-11(4-6-17-13)15(20)18-7-5-14-19-12(9-24-14)16(21)22/h4,6,8-10H,3,5,7H2,1-2H3,(H,18,20)(H,21,22). The van der Waals surface area contributed by atoms with Gasteiger partial charge in [0.15, 0.2) is 5.69 Å². The Bertz CT molecular complexity index is 717. The summed E-state index contributed by atoms with van der Waals surface area (Å²) < 4.78 is 5.60. The first-order valence-corrected chi connectivity index (χ1v) is 8.46. The van der Waals surface area contributed by atoms with Gasteiger partial charge in [0.2, 0.25) is 5.88 Å². The number of aromatic carboxylic acids is 1. The Hall–Kier alpha value is -2.48. The van der Waals surface area contributed by atoms with Gasteiger partial charge >= 0.3 is 5.97 Å². The van der Waals surface area contributed by atoms with Crippen LogP contribution in [0, 0.1) is 0 Å². The lowest BCUT2D eigenvalue weighted by Gasteiger charge is -2.12. The van der Waals surface area contributed by atoms with Crippen LogP contribution >= 0.6 is 11.3 Å². The lowest BCUT2D eigenvalue weighted by Crippen LogP contribution is -2.25. The van der Waals surface area contributed by atoms with E-state index < -0.39 is 5.97 Å². The summed E-state index contributed by atoms with van der Waals surface area (Å²) in [4.78, 5) is 31.0. The minimum atomic E-state index is -1.05. The molecular weight excluding hydrogens is 330 g/mol. The van der Waals surface area contributed by atoms with Crippen molar-refractivity contribution in [3.8, 4) is 5.88 Å². The van der Waals surface area contributed by atoms with Crippen LogP contribution in [-0.4, -0.2) is 39.6 Å². The Labute approximate surface area is 143 Å². The molecule has 0 aliphatic heterocycles. The van der Waals surface area contributed by atoms with Crippen LogP contribution in [0.1, 0.15) is 46.1 Å². The molecule has 0 saturated carbocycles. The fourth-order valence-electron chi connectivity index (χ4n) is 1.81. The number of hydrogen-bond acceptors (Lipinski definition) is 6. The fraction of sp³-hybridized carbons (Fsp3) is 0.375. The summed E-state index contributed by atoms with van der Waals surface area (Å²) in [6, 6.07) is 3.22. The molecule has 7 nitrogen and oxygen atoms in total. The van der Waals surface area contributed by atoms with E-state index in [0.29, 0.717) is 29.4 Å². The van der Waals surface area contributed by atoms with Crippen LogP contribution < -0.4 is 10.1 Å². The van der Waals surface area contributed by atoms with Crippen LogP contribution in [0.4, 0.5) is 0 Å². The van der Waals surface area contributed by atoms with Gasteiger partial charge in [0.1, 0.15) is 0 Å². The largest absolute Gasteiger partial charge is 0.476 e. The van der Waals surface area contributed by atoms with E-state index in [9.17, 15) is 9.59 Å². The van der Waals surface area contributed by atoms with Gasteiger partial charge in [-0.05, 0) is 19.4 Å². The predicted molar refractivity (Wildman–Crippen MR) is 89.7 cm³/mol. The Kier molecular flexibility index (Phi) is 6.25. The number of pyridine rings is 1. The van der Waals surface area contributed by atoms with Gasteiger partial charge in [-0.15, -0.1) is 11.3 Å². The van der Waals surface area contributed by atoms with Crippen LogP contribution in [0.25, 0.3) is 0 Å². The van der Waals surface area contributed by atoms with Crippen LogP contribution in [0.15, 0.2) is 23.7 Å². The number of thiazole rings is 1. The van der Waals surface area contributed by atoms with Crippen molar-refractivity contribution >= 4 is 23.2 Å². The Morgan fingerprint density at radius 3 is 2.92 bits per heavy atom. The number of ether oxygens (including phenoxy) is 1. The van der Waals surface area contributed by atoms with Gasteiger partial charge in [0.25, 0.3) is 5.91 Å². The van der Waals surface area contributed by atoms with Crippen molar-refractivity contribution in [2.45, 2.75) is 32.8 Å². The third-order valence-electron chi connectivity index (χ3n) is 3.29. The second kappa shape index (κ2) is 8.39. The van der Waals surface area contributed by atoms with E-state index in [1.807, 2.05) is 13.8 Å². The number of carboxylic acids is 1. The minimum absolute atomic E-state index is 0.0299. The van der Waals surface area contributed by atoms with E-state index in [2.05, 4.69) is 15.3 Å². The predicted octanol–water partition coefficient (Wildman–Crippen LogP) is 2.39. The molecule has 2 aromatic heterocycles. The Morgan fingerprint density at radius 2 is 2.25 bits per heavy atom. The lowest BCUT2D eigenvalue weighted by atomic mass is 10.2. The molecule has 0 aliphatic carbocycles. The SMILES string of the molecule is CCC(C)Oc1cc(C(=O)NCCc2nc(C(=O)O)cs2)ccn1. The summed E-state index contributed by atoms with van der Waals surface area (Å²) in [6.45, 7) is 4.32. The number of nitrogens with one attached hydrogen (secondary N) is 1. The molecule has 1 unspecified atom stereocenters. The molecule has 0 spiro atoms. The second-order valence-electron chi connectivity index (χ2n) is 5.16. The van der Waals surface area contributed by atoms with Crippen molar-refractivity contribution in [3.05, 3.63) is 40.0 Å². The molecule has 0 fully saturated rings. The Balaban J connectivity index is 1.87. The van der Waals surface area contributed by atoms with Crippen LogP contribution in [-0.2, 0) is 6.42 Å². The molecule has 24 heavy (non-hydrogen) atoms. The maximum Gasteiger partial charge on any atom is 0.355 e. The van der Waals surface area contributed by atoms with Gasteiger partial charge in [-0.25, -0.2) is 14.8 Å². The van der Waals surface area contributed by atoms with Gasteiger partial charge in [0, 0.05) is 36.2 Å². The molecule has 2 heterocycles. The van der Waals surface area contributed by atoms with Crippen molar-refractivity contribution in [2.75, 3.05) is 6.54 Å². The highest BCUT2D eigenvalue weighted by molar-refractivity contribution is 7.09. The lowest BCUT2D eigenvalue weighted by molar-refractivity contribution is 0.0690. The van der Waals surface area contributed by atoms with Crippen LogP contribution in [0.2, 0.25) is 0 Å². The van der Waals surface area contributed by atoms with E-state index in [1.165, 1.54) is 22.9 Å². The summed E-state index contributed by atoms with van der Waals surface area (Å²) in [5.41, 5.74) is 0.496. The van der Waals surface area contributed by atoms with Crippen molar-refractivity contribution < 1.29 is 19.4 Å². The van der Waals surface area contributed by atoms with Crippen LogP contribution in [0.3, 0.4) is 0 Å². The number of amides is 1. The second-order valence-corrected chi connectivity index (χ2v) is 6.10. The third-order valence-corrected chi connectivity index (χ3v) is 4.20. The molecule has 2 N–H and O–H groups in total. The van der Waals surface area contributed by atoms with Crippen molar-refractivity contribution in [1.29, 1.82) is 0 Å². The summed E-state index contributed by atoms with van der Waals surface area (Å²) in [7, 11) is 0. The smallest absolute Gasteiger partial charge is 0.355 e. The maximum atomic E-state index is 12.2. The monoisotopic (exact) mass is 349 g/mol. The number of hydrogen-bond donors (Lipinski definition) is 2. The summed E-state index contributed by atoms with van der Waals surface area (Å²) in [6.07, 6.45) is 2.89. The molecule has 2 aromatic rings. The number of aromatic nitrogens is 2. The molecule has 0 saturated heterocycles. The number of nitrogens with zero attached hydrogens (tertiary/aromatic N) is 2. The van der Waals surface area contributed by atoms with E-state index >= 15 is 0 Å².